The SMILES string of the molecule is CC(C)CN1CCC(C(=O)Nc2ccc(Oc3ccccc3F)cc2)CC1. The Morgan fingerprint density at radius 3 is 2.44 bits per heavy atom. The van der Waals surface area contributed by atoms with Crippen molar-refractivity contribution >= 4 is 11.6 Å². The molecule has 144 valence electrons. The predicted octanol–water partition coefficient (Wildman–Crippen LogP) is 4.92. The van der Waals surface area contributed by atoms with Crippen LogP contribution in [0.4, 0.5) is 10.1 Å². The highest BCUT2D eigenvalue weighted by molar-refractivity contribution is 5.92. The number of piperidine rings is 1. The van der Waals surface area contributed by atoms with Crippen LogP contribution in [0.25, 0.3) is 0 Å². The molecule has 2 aromatic rings. The summed E-state index contributed by atoms with van der Waals surface area (Å²) in [6, 6.07) is 13.3. The van der Waals surface area contributed by atoms with E-state index >= 15 is 0 Å². The van der Waals surface area contributed by atoms with Crippen molar-refractivity contribution in [2.75, 3.05) is 25.0 Å². The topological polar surface area (TPSA) is 41.6 Å². The van der Waals surface area contributed by atoms with E-state index in [1.807, 2.05) is 0 Å². The Hall–Kier alpha value is -2.40. The van der Waals surface area contributed by atoms with Gasteiger partial charge in [0.15, 0.2) is 11.6 Å². The Kier molecular flexibility index (Phi) is 6.45. The lowest BCUT2D eigenvalue weighted by atomic mass is 9.95. The zero-order chi connectivity index (χ0) is 19.2. The van der Waals surface area contributed by atoms with Crippen LogP contribution in [-0.4, -0.2) is 30.4 Å². The standard InChI is InChI=1S/C22H27FN2O2/c1-16(2)15-25-13-11-17(12-14-25)22(26)24-18-7-9-19(10-8-18)27-21-6-4-3-5-20(21)23/h3-10,16-17H,11-15H2,1-2H3,(H,24,26). The Morgan fingerprint density at radius 2 is 1.81 bits per heavy atom. The molecule has 1 N–H and O–H groups in total. The van der Waals surface area contributed by atoms with Crippen LogP contribution in [0.2, 0.25) is 0 Å². The number of likely N-dealkylation sites (tertiary alicyclic amines) is 1. The number of anilines is 1. The van der Waals surface area contributed by atoms with Gasteiger partial charge in [-0.1, -0.05) is 26.0 Å². The number of hydrogen-bond acceptors (Lipinski definition) is 3. The highest BCUT2D eigenvalue weighted by atomic mass is 19.1. The van der Waals surface area contributed by atoms with Crippen LogP contribution in [0.5, 0.6) is 11.5 Å². The molecule has 0 unspecified atom stereocenters. The van der Waals surface area contributed by atoms with Crippen LogP contribution in [-0.2, 0) is 4.79 Å². The largest absolute Gasteiger partial charge is 0.454 e. The molecule has 3 rings (SSSR count). The number of nitrogens with one attached hydrogen (secondary N) is 1. The molecule has 0 aromatic heterocycles. The van der Waals surface area contributed by atoms with Gasteiger partial charge in [0.2, 0.25) is 5.91 Å². The quantitative estimate of drug-likeness (QED) is 0.784. The third-order valence-corrected chi connectivity index (χ3v) is 4.77. The minimum Gasteiger partial charge on any atom is -0.454 e. The maximum atomic E-state index is 13.6. The van der Waals surface area contributed by atoms with Gasteiger partial charge >= 0.3 is 0 Å². The van der Waals surface area contributed by atoms with E-state index in [9.17, 15) is 9.18 Å². The molecule has 0 saturated carbocycles. The van der Waals surface area contributed by atoms with E-state index in [4.69, 9.17) is 4.74 Å². The molecule has 4 nitrogen and oxygen atoms in total. The maximum Gasteiger partial charge on any atom is 0.227 e. The van der Waals surface area contributed by atoms with Gasteiger partial charge < -0.3 is 15.0 Å². The molecule has 2 aromatic carbocycles. The monoisotopic (exact) mass is 370 g/mol. The number of para-hydroxylation sites is 1. The Morgan fingerprint density at radius 1 is 1.15 bits per heavy atom. The van der Waals surface area contributed by atoms with Crippen molar-refractivity contribution in [1.29, 1.82) is 0 Å². The fourth-order valence-electron chi connectivity index (χ4n) is 3.40. The van der Waals surface area contributed by atoms with Crippen molar-refractivity contribution in [2.45, 2.75) is 26.7 Å². The first kappa shape index (κ1) is 19.4. The van der Waals surface area contributed by atoms with Crippen molar-refractivity contribution in [3.8, 4) is 11.5 Å². The summed E-state index contributed by atoms with van der Waals surface area (Å²) in [5, 5.41) is 2.98. The van der Waals surface area contributed by atoms with E-state index < -0.39 is 5.82 Å². The second-order valence-corrected chi connectivity index (χ2v) is 7.51. The van der Waals surface area contributed by atoms with Gasteiger partial charge in [-0.25, -0.2) is 4.39 Å². The molecule has 1 heterocycles. The van der Waals surface area contributed by atoms with Crippen molar-refractivity contribution < 1.29 is 13.9 Å². The average Bonchev–Trinajstić information content (AvgIpc) is 2.65. The lowest BCUT2D eigenvalue weighted by Gasteiger charge is -2.32. The molecule has 0 spiro atoms. The van der Waals surface area contributed by atoms with Crippen LogP contribution in [0, 0.1) is 17.7 Å². The molecular weight excluding hydrogens is 343 g/mol. The van der Waals surface area contributed by atoms with Crippen LogP contribution in [0.3, 0.4) is 0 Å². The molecule has 1 fully saturated rings. The van der Waals surface area contributed by atoms with E-state index in [0.717, 1.165) is 38.2 Å². The first-order chi connectivity index (χ1) is 13.0. The Balaban J connectivity index is 1.51. The van der Waals surface area contributed by atoms with E-state index in [1.165, 1.54) is 6.07 Å². The van der Waals surface area contributed by atoms with Crippen LogP contribution in [0.1, 0.15) is 26.7 Å². The molecule has 0 bridgehead atoms. The molecule has 0 radical (unpaired) electrons. The van der Waals surface area contributed by atoms with Gasteiger partial charge in [-0.2, -0.15) is 0 Å². The highest BCUT2D eigenvalue weighted by Gasteiger charge is 2.25. The molecule has 1 aliphatic heterocycles. The fourth-order valence-corrected chi connectivity index (χ4v) is 3.40. The fraction of sp³-hybridized carbons (Fsp3) is 0.409. The number of rotatable bonds is 6. The third-order valence-electron chi connectivity index (χ3n) is 4.77. The summed E-state index contributed by atoms with van der Waals surface area (Å²) in [6.07, 6.45) is 1.79. The molecule has 5 heteroatoms. The Bertz CT molecular complexity index is 753. The van der Waals surface area contributed by atoms with Crippen LogP contribution in [0.15, 0.2) is 48.5 Å². The molecule has 0 atom stereocenters. The molecular formula is C22H27FN2O2. The zero-order valence-electron chi connectivity index (χ0n) is 16.0. The van der Waals surface area contributed by atoms with Crippen LogP contribution >= 0.6 is 0 Å². The van der Waals surface area contributed by atoms with E-state index in [1.54, 1.807) is 42.5 Å². The highest BCUT2D eigenvalue weighted by Crippen LogP contribution is 2.26. The van der Waals surface area contributed by atoms with Gasteiger partial charge in [-0.3, -0.25) is 4.79 Å². The summed E-state index contributed by atoms with van der Waals surface area (Å²) in [7, 11) is 0. The van der Waals surface area contributed by atoms with Gasteiger partial charge in [0.1, 0.15) is 5.75 Å². The summed E-state index contributed by atoms with van der Waals surface area (Å²) in [6.45, 7) is 7.49. The van der Waals surface area contributed by atoms with Crippen molar-refractivity contribution in [2.24, 2.45) is 11.8 Å². The number of carbonyl (C=O) groups is 1. The minimum atomic E-state index is -0.404. The summed E-state index contributed by atoms with van der Waals surface area (Å²) in [4.78, 5) is 14.9. The second-order valence-electron chi connectivity index (χ2n) is 7.51. The van der Waals surface area contributed by atoms with Crippen molar-refractivity contribution in [3.05, 3.63) is 54.3 Å². The average molecular weight is 370 g/mol. The van der Waals surface area contributed by atoms with Gasteiger partial charge in [0, 0.05) is 18.2 Å². The minimum absolute atomic E-state index is 0.0581. The predicted molar refractivity (Wildman–Crippen MR) is 106 cm³/mol. The number of carbonyl (C=O) groups excluding carboxylic acids is 1. The van der Waals surface area contributed by atoms with Gasteiger partial charge in [0.05, 0.1) is 0 Å². The Labute approximate surface area is 160 Å². The molecule has 27 heavy (non-hydrogen) atoms. The van der Waals surface area contributed by atoms with E-state index in [-0.39, 0.29) is 17.6 Å². The number of benzene rings is 2. The van der Waals surface area contributed by atoms with Gasteiger partial charge in [0.25, 0.3) is 0 Å². The third kappa shape index (κ3) is 5.54. The molecule has 1 aliphatic rings. The number of ether oxygens (including phenoxy) is 1. The van der Waals surface area contributed by atoms with Gasteiger partial charge in [-0.15, -0.1) is 0 Å². The van der Waals surface area contributed by atoms with Crippen molar-refractivity contribution in [3.63, 3.8) is 0 Å². The number of halogens is 1. The summed E-state index contributed by atoms with van der Waals surface area (Å²) >= 11 is 0. The number of amides is 1. The van der Waals surface area contributed by atoms with E-state index in [2.05, 4.69) is 24.1 Å². The molecule has 0 aliphatic carbocycles. The van der Waals surface area contributed by atoms with E-state index in [0.29, 0.717) is 11.7 Å². The normalized spacial score (nSPS) is 15.7. The zero-order valence-corrected chi connectivity index (χ0v) is 16.0. The van der Waals surface area contributed by atoms with Gasteiger partial charge in [-0.05, 0) is 68.2 Å². The second kappa shape index (κ2) is 9.00. The van der Waals surface area contributed by atoms with Crippen LogP contribution < -0.4 is 10.1 Å². The molecule has 1 saturated heterocycles. The maximum absolute atomic E-state index is 13.6. The first-order valence-corrected chi connectivity index (χ1v) is 9.57. The lowest BCUT2D eigenvalue weighted by molar-refractivity contribution is -0.121. The summed E-state index contributed by atoms with van der Waals surface area (Å²) in [5.41, 5.74) is 0.727. The summed E-state index contributed by atoms with van der Waals surface area (Å²) in [5.74, 6) is 1.09. The van der Waals surface area contributed by atoms with Crippen molar-refractivity contribution in [1.82, 2.24) is 4.90 Å². The summed E-state index contributed by atoms with van der Waals surface area (Å²) < 4.78 is 19.2. The first-order valence-electron chi connectivity index (χ1n) is 9.57. The number of hydrogen-bond donors (Lipinski definition) is 1. The molecule has 1 amide bonds. The number of nitrogens with zero attached hydrogens (tertiary/aromatic N) is 1. The smallest absolute Gasteiger partial charge is 0.227 e. The lowest BCUT2D eigenvalue weighted by Crippen LogP contribution is -2.39.